The zero-order valence-electron chi connectivity index (χ0n) is 15.1. The molecule has 1 amide bonds. The number of rotatable bonds is 3. The van der Waals surface area contributed by atoms with Crippen LogP contribution >= 0.6 is 0 Å². The molecule has 144 valence electrons. The van der Waals surface area contributed by atoms with Gasteiger partial charge in [-0.25, -0.2) is 0 Å². The van der Waals surface area contributed by atoms with Gasteiger partial charge < -0.3 is 18.9 Å². The average Bonchev–Trinajstić information content (AvgIpc) is 3.25. The van der Waals surface area contributed by atoms with Crippen LogP contribution in [0.4, 0.5) is 11.4 Å². The number of benzene rings is 1. The molecule has 1 saturated heterocycles. The molecule has 0 spiro atoms. The Morgan fingerprint density at radius 1 is 1.18 bits per heavy atom. The Morgan fingerprint density at radius 2 is 1.89 bits per heavy atom. The smallest absolute Gasteiger partial charge is 0.357 e. The van der Waals surface area contributed by atoms with E-state index in [0.717, 1.165) is 0 Å². The molecule has 10 nitrogen and oxygen atoms in total. The molecular formula is C18H17N5O5. The molecule has 0 bridgehead atoms. The zero-order chi connectivity index (χ0) is 19.8. The Hall–Kier alpha value is -3.69. The fraction of sp³-hybridized carbons (Fsp3) is 0.278. The topological polar surface area (TPSA) is 115 Å². The van der Waals surface area contributed by atoms with Crippen LogP contribution < -0.4 is 10.5 Å². The molecule has 3 aromatic rings. The number of nitro groups is 1. The fourth-order valence-electron chi connectivity index (χ4n) is 3.56. The molecule has 0 aliphatic carbocycles. The molecule has 0 saturated carbocycles. The Bertz CT molecular complexity index is 1110. The van der Waals surface area contributed by atoms with Gasteiger partial charge >= 0.3 is 11.2 Å². The van der Waals surface area contributed by atoms with Crippen molar-refractivity contribution < 1.29 is 14.2 Å². The number of pyridine rings is 1. The molecule has 0 unspecified atom stereocenters. The average molecular weight is 383 g/mol. The van der Waals surface area contributed by atoms with Crippen LogP contribution in [0, 0.1) is 10.1 Å². The standard InChI is InChI=1S/C18H17N5O5/c1-20-13-5-3-2-4-12(13)15(16(18(20)25)23(26)27)21-8-10-22(11-9-21)17(24)14-6-7-19-28-14/h2-7H,8-11H2,1H3. The van der Waals surface area contributed by atoms with Crippen LogP contribution in [0.3, 0.4) is 0 Å². The van der Waals surface area contributed by atoms with E-state index in [-0.39, 0.29) is 11.7 Å². The van der Waals surface area contributed by atoms with Crippen LogP contribution in [0.2, 0.25) is 0 Å². The fourth-order valence-corrected chi connectivity index (χ4v) is 3.56. The van der Waals surface area contributed by atoms with Gasteiger partial charge in [0.15, 0.2) is 0 Å². The molecule has 1 aromatic carbocycles. The van der Waals surface area contributed by atoms with Crippen molar-refractivity contribution in [1.82, 2.24) is 14.6 Å². The van der Waals surface area contributed by atoms with Crippen molar-refractivity contribution in [2.75, 3.05) is 31.1 Å². The summed E-state index contributed by atoms with van der Waals surface area (Å²) in [7, 11) is 1.52. The van der Waals surface area contributed by atoms with E-state index in [9.17, 15) is 19.7 Å². The molecule has 0 atom stereocenters. The highest BCUT2D eigenvalue weighted by Gasteiger charge is 2.32. The van der Waals surface area contributed by atoms with E-state index in [1.807, 2.05) is 0 Å². The first kappa shape index (κ1) is 17.7. The Labute approximate surface area is 158 Å². The second-order valence-electron chi connectivity index (χ2n) is 6.49. The second kappa shape index (κ2) is 6.80. The third kappa shape index (κ3) is 2.79. The highest BCUT2D eigenvalue weighted by atomic mass is 16.6. The maximum absolute atomic E-state index is 12.6. The van der Waals surface area contributed by atoms with Gasteiger partial charge in [-0.3, -0.25) is 19.7 Å². The van der Waals surface area contributed by atoms with E-state index < -0.39 is 16.2 Å². The molecular weight excluding hydrogens is 366 g/mol. The third-order valence-electron chi connectivity index (χ3n) is 4.97. The Morgan fingerprint density at radius 3 is 2.54 bits per heavy atom. The minimum Gasteiger partial charge on any atom is -0.362 e. The number of nitrogens with zero attached hydrogens (tertiary/aromatic N) is 5. The summed E-state index contributed by atoms with van der Waals surface area (Å²) in [6, 6.07) is 8.58. The maximum atomic E-state index is 12.6. The number of aromatic nitrogens is 2. The van der Waals surface area contributed by atoms with Crippen molar-refractivity contribution in [2.45, 2.75) is 0 Å². The summed E-state index contributed by atoms with van der Waals surface area (Å²) < 4.78 is 6.20. The summed E-state index contributed by atoms with van der Waals surface area (Å²) in [5.41, 5.74) is -0.182. The maximum Gasteiger partial charge on any atom is 0.357 e. The number of carbonyl (C=O) groups is 1. The van der Waals surface area contributed by atoms with E-state index in [4.69, 9.17) is 4.52 Å². The first-order valence-corrected chi connectivity index (χ1v) is 8.70. The van der Waals surface area contributed by atoms with Crippen molar-refractivity contribution >= 4 is 28.2 Å². The van der Waals surface area contributed by atoms with E-state index in [1.54, 1.807) is 34.1 Å². The zero-order valence-corrected chi connectivity index (χ0v) is 15.1. The van der Waals surface area contributed by atoms with Crippen LogP contribution in [0.1, 0.15) is 10.6 Å². The highest BCUT2D eigenvalue weighted by Crippen LogP contribution is 2.33. The van der Waals surface area contributed by atoms with Crippen LogP contribution in [0.5, 0.6) is 0 Å². The van der Waals surface area contributed by atoms with E-state index >= 15 is 0 Å². The van der Waals surface area contributed by atoms with Crippen LogP contribution in [0.15, 0.2) is 45.8 Å². The number of hydrogen-bond acceptors (Lipinski definition) is 7. The quantitative estimate of drug-likeness (QED) is 0.496. The lowest BCUT2D eigenvalue weighted by atomic mass is 10.1. The van der Waals surface area contributed by atoms with Gasteiger partial charge in [-0.15, -0.1) is 0 Å². The molecule has 0 N–H and O–H groups in total. The monoisotopic (exact) mass is 383 g/mol. The molecule has 4 rings (SSSR count). The Kier molecular flexibility index (Phi) is 4.30. The molecule has 1 aliphatic heterocycles. The third-order valence-corrected chi connectivity index (χ3v) is 4.97. The van der Waals surface area contributed by atoms with Gasteiger partial charge in [0, 0.05) is 44.7 Å². The van der Waals surface area contributed by atoms with Gasteiger partial charge in [-0.05, 0) is 6.07 Å². The van der Waals surface area contributed by atoms with Crippen molar-refractivity contribution in [2.24, 2.45) is 7.05 Å². The minimum absolute atomic E-state index is 0.151. The number of para-hydroxylation sites is 1. The summed E-state index contributed by atoms with van der Waals surface area (Å²) >= 11 is 0. The van der Waals surface area contributed by atoms with Gasteiger partial charge in [0.2, 0.25) is 5.76 Å². The molecule has 28 heavy (non-hydrogen) atoms. The Balaban J connectivity index is 1.71. The summed E-state index contributed by atoms with van der Waals surface area (Å²) in [6.45, 7) is 1.41. The number of anilines is 1. The van der Waals surface area contributed by atoms with E-state index in [1.165, 1.54) is 23.9 Å². The van der Waals surface area contributed by atoms with Crippen molar-refractivity contribution in [3.63, 3.8) is 0 Å². The SMILES string of the molecule is Cn1c(=O)c([N+](=O)[O-])c(N2CCN(C(=O)c3ccno3)CC2)c2ccccc21. The summed E-state index contributed by atoms with van der Waals surface area (Å²) in [4.78, 5) is 39.5. The predicted molar refractivity (Wildman–Crippen MR) is 100 cm³/mol. The van der Waals surface area contributed by atoms with Crippen molar-refractivity contribution in [1.29, 1.82) is 0 Å². The van der Waals surface area contributed by atoms with Crippen LogP contribution in [0.25, 0.3) is 10.9 Å². The number of amides is 1. The van der Waals surface area contributed by atoms with Crippen molar-refractivity contribution in [3.05, 3.63) is 62.8 Å². The second-order valence-corrected chi connectivity index (χ2v) is 6.49. The van der Waals surface area contributed by atoms with Gasteiger partial charge in [0.05, 0.1) is 16.6 Å². The summed E-state index contributed by atoms with van der Waals surface area (Å²) in [6.07, 6.45) is 1.40. The number of piperazine rings is 1. The lowest BCUT2D eigenvalue weighted by Crippen LogP contribution is -2.49. The molecule has 10 heteroatoms. The molecule has 1 aliphatic rings. The van der Waals surface area contributed by atoms with Gasteiger partial charge in [-0.1, -0.05) is 23.4 Å². The lowest BCUT2D eigenvalue weighted by Gasteiger charge is -2.35. The molecule has 3 heterocycles. The van der Waals surface area contributed by atoms with E-state index in [2.05, 4.69) is 5.16 Å². The first-order chi connectivity index (χ1) is 13.5. The van der Waals surface area contributed by atoms with Gasteiger partial charge in [0.25, 0.3) is 5.91 Å². The molecule has 1 fully saturated rings. The van der Waals surface area contributed by atoms with Gasteiger partial charge in [0.1, 0.15) is 5.69 Å². The number of hydrogen-bond donors (Lipinski definition) is 0. The summed E-state index contributed by atoms with van der Waals surface area (Å²) in [5, 5.41) is 15.9. The van der Waals surface area contributed by atoms with Crippen LogP contribution in [-0.4, -0.2) is 51.6 Å². The molecule has 2 aromatic heterocycles. The van der Waals surface area contributed by atoms with E-state index in [0.29, 0.717) is 42.8 Å². The highest BCUT2D eigenvalue weighted by molar-refractivity contribution is 5.97. The minimum atomic E-state index is -0.654. The number of aryl methyl sites for hydroxylation is 1. The number of carbonyl (C=O) groups excluding carboxylic acids is 1. The van der Waals surface area contributed by atoms with Crippen LogP contribution in [-0.2, 0) is 7.05 Å². The molecule has 0 radical (unpaired) electrons. The lowest BCUT2D eigenvalue weighted by molar-refractivity contribution is -0.385. The van der Waals surface area contributed by atoms with Gasteiger partial charge in [-0.2, -0.15) is 0 Å². The normalized spacial score (nSPS) is 14.5. The number of fused-ring (bicyclic) bond motifs is 1. The summed E-state index contributed by atoms with van der Waals surface area (Å²) in [5.74, 6) is -0.126. The largest absolute Gasteiger partial charge is 0.362 e. The predicted octanol–water partition coefficient (Wildman–Crippen LogP) is 1.40. The first-order valence-electron chi connectivity index (χ1n) is 8.70. The van der Waals surface area contributed by atoms with Crippen molar-refractivity contribution in [3.8, 4) is 0 Å².